The predicted molar refractivity (Wildman–Crippen MR) is 124 cm³/mol. The van der Waals surface area contributed by atoms with Gasteiger partial charge < -0.3 is 4.74 Å². The molecule has 3 aromatic carbocycles. The lowest BCUT2D eigenvalue weighted by atomic mass is 10.0. The fraction of sp³-hybridized carbons (Fsp3) is 0.222. The fourth-order valence-electron chi connectivity index (χ4n) is 3.23. The van der Waals surface area contributed by atoms with Crippen LogP contribution in [0.25, 0.3) is 17.2 Å². The highest BCUT2D eigenvalue weighted by atomic mass is 16.5. The van der Waals surface area contributed by atoms with E-state index in [1.54, 1.807) is 6.08 Å². The van der Waals surface area contributed by atoms with Crippen molar-refractivity contribution in [3.63, 3.8) is 0 Å². The van der Waals surface area contributed by atoms with Crippen LogP contribution in [0.2, 0.25) is 0 Å². The van der Waals surface area contributed by atoms with Gasteiger partial charge in [-0.1, -0.05) is 92.7 Å². The zero-order chi connectivity index (χ0) is 21.2. The second-order valence-corrected chi connectivity index (χ2v) is 7.21. The SMILES string of the molecule is CCN(CC)Cc1ccc(COC(=O)/C=C/c2ccc(-c3ccccc3)cc2)cc1. The number of carbonyl (C=O) groups is 1. The lowest BCUT2D eigenvalue weighted by molar-refractivity contribution is -0.138. The smallest absolute Gasteiger partial charge is 0.331 e. The quantitative estimate of drug-likeness (QED) is 0.329. The van der Waals surface area contributed by atoms with Gasteiger partial charge in [0, 0.05) is 12.6 Å². The van der Waals surface area contributed by atoms with E-state index < -0.39 is 0 Å². The van der Waals surface area contributed by atoms with Crippen molar-refractivity contribution in [3.05, 3.63) is 102 Å². The van der Waals surface area contributed by atoms with Crippen LogP contribution in [-0.2, 0) is 22.7 Å². The molecule has 3 rings (SSSR count). The standard InChI is InChI=1S/C27H29NO2/c1-3-28(4-2)20-23-10-12-24(13-11-23)21-30-27(29)19-16-22-14-17-26(18-15-22)25-8-6-5-7-9-25/h5-19H,3-4,20-21H2,1-2H3/b19-16+. The number of nitrogens with zero attached hydrogens (tertiary/aromatic N) is 1. The van der Waals surface area contributed by atoms with E-state index in [1.807, 2.05) is 42.5 Å². The van der Waals surface area contributed by atoms with Crippen LogP contribution >= 0.6 is 0 Å². The highest BCUT2D eigenvalue weighted by molar-refractivity contribution is 5.87. The molecule has 0 saturated carbocycles. The summed E-state index contributed by atoms with van der Waals surface area (Å²) < 4.78 is 5.37. The molecule has 3 heteroatoms. The summed E-state index contributed by atoms with van der Waals surface area (Å²) in [5.41, 5.74) is 5.56. The summed E-state index contributed by atoms with van der Waals surface area (Å²) in [7, 11) is 0. The zero-order valence-electron chi connectivity index (χ0n) is 17.8. The largest absolute Gasteiger partial charge is 0.458 e. The lowest BCUT2D eigenvalue weighted by Crippen LogP contribution is -2.22. The molecule has 0 fully saturated rings. The van der Waals surface area contributed by atoms with Crippen molar-refractivity contribution >= 4 is 12.0 Å². The molecular formula is C27H29NO2. The Balaban J connectivity index is 1.49. The first-order chi connectivity index (χ1) is 14.7. The molecule has 0 aliphatic heterocycles. The summed E-state index contributed by atoms with van der Waals surface area (Å²) in [4.78, 5) is 14.4. The van der Waals surface area contributed by atoms with E-state index in [0.717, 1.165) is 36.3 Å². The summed E-state index contributed by atoms with van der Waals surface area (Å²) in [6.45, 7) is 7.64. The second-order valence-electron chi connectivity index (χ2n) is 7.21. The van der Waals surface area contributed by atoms with Gasteiger partial charge in [0.1, 0.15) is 6.61 Å². The van der Waals surface area contributed by atoms with Crippen molar-refractivity contribution < 1.29 is 9.53 Å². The number of hydrogen-bond donors (Lipinski definition) is 0. The number of rotatable bonds is 9. The number of benzene rings is 3. The van der Waals surface area contributed by atoms with E-state index in [2.05, 4.69) is 55.1 Å². The third kappa shape index (κ3) is 6.43. The molecule has 0 unspecified atom stereocenters. The molecule has 0 heterocycles. The Bertz CT molecular complexity index is 940. The fourth-order valence-corrected chi connectivity index (χ4v) is 3.23. The van der Waals surface area contributed by atoms with Gasteiger partial charge in [0.15, 0.2) is 0 Å². The summed E-state index contributed by atoms with van der Waals surface area (Å²) in [6, 6.07) is 26.6. The van der Waals surface area contributed by atoms with Gasteiger partial charge in [-0.15, -0.1) is 0 Å². The maximum Gasteiger partial charge on any atom is 0.331 e. The van der Waals surface area contributed by atoms with Gasteiger partial charge in [-0.05, 0) is 47.0 Å². The zero-order valence-corrected chi connectivity index (χ0v) is 17.8. The Kier molecular flexibility index (Phi) is 7.99. The molecule has 0 aliphatic rings. The Labute approximate surface area is 179 Å². The Hall–Kier alpha value is -3.17. The number of ether oxygens (including phenoxy) is 1. The molecule has 3 nitrogen and oxygen atoms in total. The number of carbonyl (C=O) groups excluding carboxylic acids is 1. The van der Waals surface area contributed by atoms with Crippen LogP contribution in [0.3, 0.4) is 0 Å². The van der Waals surface area contributed by atoms with Crippen LogP contribution in [0.15, 0.2) is 84.9 Å². The maximum absolute atomic E-state index is 12.1. The first-order valence-corrected chi connectivity index (χ1v) is 10.5. The first kappa shape index (κ1) is 21.5. The van der Waals surface area contributed by atoms with E-state index in [-0.39, 0.29) is 12.6 Å². The van der Waals surface area contributed by atoms with E-state index in [9.17, 15) is 4.79 Å². The third-order valence-corrected chi connectivity index (χ3v) is 5.13. The minimum Gasteiger partial charge on any atom is -0.458 e. The highest BCUT2D eigenvalue weighted by Gasteiger charge is 2.03. The van der Waals surface area contributed by atoms with Crippen LogP contribution < -0.4 is 0 Å². The van der Waals surface area contributed by atoms with Gasteiger partial charge in [-0.2, -0.15) is 0 Å². The van der Waals surface area contributed by atoms with Gasteiger partial charge in [0.2, 0.25) is 0 Å². The molecule has 0 amide bonds. The summed E-state index contributed by atoms with van der Waals surface area (Å²) in [6.07, 6.45) is 3.26. The monoisotopic (exact) mass is 399 g/mol. The van der Waals surface area contributed by atoms with Crippen molar-refractivity contribution in [1.82, 2.24) is 4.90 Å². The molecule has 0 atom stereocenters. The Morgan fingerprint density at radius 2 is 1.40 bits per heavy atom. The van der Waals surface area contributed by atoms with Crippen molar-refractivity contribution in [2.45, 2.75) is 27.0 Å². The van der Waals surface area contributed by atoms with E-state index in [4.69, 9.17) is 4.74 Å². The number of hydrogen-bond acceptors (Lipinski definition) is 3. The van der Waals surface area contributed by atoms with Gasteiger partial charge in [-0.25, -0.2) is 4.79 Å². The minimum absolute atomic E-state index is 0.279. The maximum atomic E-state index is 12.1. The molecule has 0 aromatic heterocycles. The summed E-state index contributed by atoms with van der Waals surface area (Å²) in [5, 5.41) is 0. The molecule has 0 spiro atoms. The number of esters is 1. The normalized spacial score (nSPS) is 11.2. The van der Waals surface area contributed by atoms with Crippen LogP contribution in [-0.4, -0.2) is 24.0 Å². The molecule has 0 N–H and O–H groups in total. The average molecular weight is 400 g/mol. The van der Waals surface area contributed by atoms with Crippen molar-refractivity contribution in [2.75, 3.05) is 13.1 Å². The first-order valence-electron chi connectivity index (χ1n) is 10.5. The van der Waals surface area contributed by atoms with Crippen LogP contribution in [0.5, 0.6) is 0 Å². The molecule has 154 valence electrons. The molecule has 0 aliphatic carbocycles. The highest BCUT2D eigenvalue weighted by Crippen LogP contribution is 2.19. The molecule has 0 saturated heterocycles. The van der Waals surface area contributed by atoms with Crippen molar-refractivity contribution in [2.24, 2.45) is 0 Å². The van der Waals surface area contributed by atoms with E-state index >= 15 is 0 Å². The van der Waals surface area contributed by atoms with Crippen LogP contribution in [0, 0.1) is 0 Å². The molecule has 0 radical (unpaired) electrons. The average Bonchev–Trinajstić information content (AvgIpc) is 2.81. The van der Waals surface area contributed by atoms with Crippen molar-refractivity contribution in [1.29, 1.82) is 0 Å². The summed E-state index contributed by atoms with van der Waals surface area (Å²) >= 11 is 0. The van der Waals surface area contributed by atoms with Crippen LogP contribution in [0.1, 0.15) is 30.5 Å². The van der Waals surface area contributed by atoms with Crippen molar-refractivity contribution in [3.8, 4) is 11.1 Å². The molecule has 0 bridgehead atoms. The summed E-state index contributed by atoms with van der Waals surface area (Å²) in [5.74, 6) is -0.339. The third-order valence-electron chi connectivity index (χ3n) is 5.13. The topological polar surface area (TPSA) is 29.5 Å². The predicted octanol–water partition coefficient (Wildman–Crippen LogP) is 5.95. The second kappa shape index (κ2) is 11.1. The Morgan fingerprint density at radius 3 is 2.03 bits per heavy atom. The minimum atomic E-state index is -0.339. The van der Waals surface area contributed by atoms with Gasteiger partial charge in [-0.3, -0.25) is 4.90 Å². The van der Waals surface area contributed by atoms with Gasteiger partial charge in [0.05, 0.1) is 0 Å². The molecule has 3 aromatic rings. The lowest BCUT2D eigenvalue weighted by Gasteiger charge is -2.18. The molecule has 30 heavy (non-hydrogen) atoms. The van der Waals surface area contributed by atoms with E-state index in [1.165, 1.54) is 17.2 Å². The van der Waals surface area contributed by atoms with Gasteiger partial charge >= 0.3 is 5.97 Å². The van der Waals surface area contributed by atoms with E-state index in [0.29, 0.717) is 0 Å². The molecular weight excluding hydrogens is 370 g/mol. The Morgan fingerprint density at radius 1 is 0.800 bits per heavy atom. The van der Waals surface area contributed by atoms with Crippen LogP contribution in [0.4, 0.5) is 0 Å². The van der Waals surface area contributed by atoms with Gasteiger partial charge in [0.25, 0.3) is 0 Å².